The van der Waals surface area contributed by atoms with Gasteiger partial charge in [-0.1, -0.05) is 0 Å². The number of benzene rings is 1. The first-order valence-corrected chi connectivity index (χ1v) is 6.34. The molecule has 0 radical (unpaired) electrons. The van der Waals surface area contributed by atoms with Crippen molar-refractivity contribution in [1.82, 2.24) is 19.7 Å². The molecule has 0 fully saturated rings. The van der Waals surface area contributed by atoms with Crippen LogP contribution in [0.2, 0.25) is 0 Å². The number of fused-ring (bicyclic) bond motifs is 1. The molecule has 20 heavy (non-hydrogen) atoms. The number of nitrogens with one attached hydrogen (secondary N) is 1. The minimum atomic E-state index is -0.330. The standard InChI is InChI=1S/C14H14N4O2/c1-3-20-14(19)9-4-5-10-12(8-9)16-13(15-10)11-6-7-18(2)17-11/h4-8H,3H2,1-2H3,(H,15,16). The molecule has 0 spiro atoms. The summed E-state index contributed by atoms with van der Waals surface area (Å²) in [5.74, 6) is 0.352. The van der Waals surface area contributed by atoms with Crippen LogP contribution in [0.1, 0.15) is 17.3 Å². The number of carbonyl (C=O) groups excluding carboxylic acids is 1. The van der Waals surface area contributed by atoms with E-state index in [0.717, 1.165) is 16.7 Å². The first-order valence-electron chi connectivity index (χ1n) is 6.34. The number of aromatic amines is 1. The maximum Gasteiger partial charge on any atom is 0.338 e. The van der Waals surface area contributed by atoms with Crippen LogP contribution in [0.25, 0.3) is 22.6 Å². The number of rotatable bonds is 3. The van der Waals surface area contributed by atoms with E-state index in [0.29, 0.717) is 18.0 Å². The Balaban J connectivity index is 2.01. The molecule has 2 aromatic heterocycles. The van der Waals surface area contributed by atoms with Crippen LogP contribution in [0.5, 0.6) is 0 Å². The minimum Gasteiger partial charge on any atom is -0.462 e. The number of imidazole rings is 1. The van der Waals surface area contributed by atoms with Crippen molar-refractivity contribution >= 4 is 17.0 Å². The third-order valence-corrected chi connectivity index (χ3v) is 2.95. The third-order valence-electron chi connectivity index (χ3n) is 2.95. The number of hydrogen-bond donors (Lipinski definition) is 1. The lowest BCUT2D eigenvalue weighted by molar-refractivity contribution is 0.0526. The van der Waals surface area contributed by atoms with Crippen LogP contribution in [-0.2, 0) is 11.8 Å². The van der Waals surface area contributed by atoms with E-state index in [1.165, 1.54) is 0 Å². The van der Waals surface area contributed by atoms with Crippen LogP contribution in [-0.4, -0.2) is 32.3 Å². The molecule has 2 heterocycles. The van der Waals surface area contributed by atoms with E-state index in [-0.39, 0.29) is 5.97 Å². The average molecular weight is 270 g/mol. The van der Waals surface area contributed by atoms with Gasteiger partial charge in [-0.25, -0.2) is 9.78 Å². The van der Waals surface area contributed by atoms with E-state index >= 15 is 0 Å². The van der Waals surface area contributed by atoms with Gasteiger partial charge in [0.05, 0.1) is 23.2 Å². The van der Waals surface area contributed by atoms with Gasteiger partial charge < -0.3 is 9.72 Å². The molecule has 6 heteroatoms. The summed E-state index contributed by atoms with van der Waals surface area (Å²) in [4.78, 5) is 19.3. The summed E-state index contributed by atoms with van der Waals surface area (Å²) in [6.45, 7) is 2.14. The van der Waals surface area contributed by atoms with Gasteiger partial charge >= 0.3 is 5.97 Å². The van der Waals surface area contributed by atoms with Crippen molar-refractivity contribution in [3.8, 4) is 11.5 Å². The molecular weight excluding hydrogens is 256 g/mol. The van der Waals surface area contributed by atoms with Gasteiger partial charge in [0, 0.05) is 13.2 Å². The summed E-state index contributed by atoms with van der Waals surface area (Å²) in [6.07, 6.45) is 1.85. The van der Waals surface area contributed by atoms with E-state index in [4.69, 9.17) is 4.74 Å². The Morgan fingerprint density at radius 2 is 2.25 bits per heavy atom. The predicted molar refractivity (Wildman–Crippen MR) is 74.3 cm³/mol. The van der Waals surface area contributed by atoms with Crippen LogP contribution in [0.4, 0.5) is 0 Å². The SMILES string of the molecule is CCOC(=O)c1ccc2nc(-c3ccn(C)n3)[nH]c2c1. The second-order valence-electron chi connectivity index (χ2n) is 4.41. The monoisotopic (exact) mass is 270 g/mol. The molecule has 6 nitrogen and oxygen atoms in total. The highest BCUT2D eigenvalue weighted by Crippen LogP contribution is 2.20. The van der Waals surface area contributed by atoms with Crippen LogP contribution in [0.3, 0.4) is 0 Å². The van der Waals surface area contributed by atoms with Crippen LogP contribution < -0.4 is 0 Å². The summed E-state index contributed by atoms with van der Waals surface area (Å²) < 4.78 is 6.70. The molecule has 0 atom stereocenters. The van der Waals surface area contributed by atoms with Crippen molar-refractivity contribution in [1.29, 1.82) is 0 Å². The summed E-state index contributed by atoms with van der Waals surface area (Å²) >= 11 is 0. The Kier molecular flexibility index (Phi) is 2.98. The number of nitrogens with zero attached hydrogens (tertiary/aromatic N) is 3. The van der Waals surface area contributed by atoms with E-state index in [9.17, 15) is 4.79 Å². The Morgan fingerprint density at radius 3 is 2.95 bits per heavy atom. The highest BCUT2D eigenvalue weighted by Gasteiger charge is 2.11. The molecule has 0 saturated heterocycles. The number of ether oxygens (including phenoxy) is 1. The smallest absolute Gasteiger partial charge is 0.338 e. The summed E-state index contributed by atoms with van der Waals surface area (Å²) in [7, 11) is 1.85. The lowest BCUT2D eigenvalue weighted by Gasteiger charge is -2.00. The quantitative estimate of drug-likeness (QED) is 0.740. The Labute approximate surface area is 115 Å². The van der Waals surface area contributed by atoms with Crippen LogP contribution >= 0.6 is 0 Å². The normalized spacial score (nSPS) is 10.9. The predicted octanol–water partition coefficient (Wildman–Crippen LogP) is 2.14. The van der Waals surface area contributed by atoms with Crippen LogP contribution in [0.15, 0.2) is 30.5 Å². The summed E-state index contributed by atoms with van der Waals surface area (Å²) in [6, 6.07) is 7.13. The van der Waals surface area contributed by atoms with Gasteiger partial charge in [0.25, 0.3) is 0 Å². The third kappa shape index (κ3) is 2.16. The molecule has 3 aromatic rings. The second-order valence-corrected chi connectivity index (χ2v) is 4.41. The molecule has 0 bridgehead atoms. The van der Waals surface area contributed by atoms with E-state index in [2.05, 4.69) is 15.1 Å². The first kappa shape index (κ1) is 12.4. The van der Waals surface area contributed by atoms with Gasteiger partial charge in [-0.2, -0.15) is 5.10 Å². The van der Waals surface area contributed by atoms with Crippen LogP contribution in [0, 0.1) is 0 Å². The molecule has 102 valence electrons. The highest BCUT2D eigenvalue weighted by molar-refractivity contribution is 5.94. The van der Waals surface area contributed by atoms with Crippen molar-refractivity contribution in [2.24, 2.45) is 7.05 Å². The van der Waals surface area contributed by atoms with E-state index < -0.39 is 0 Å². The summed E-state index contributed by atoms with van der Waals surface area (Å²) in [5.41, 5.74) is 2.85. The van der Waals surface area contributed by atoms with Crippen molar-refractivity contribution < 1.29 is 9.53 Å². The fourth-order valence-electron chi connectivity index (χ4n) is 2.01. The van der Waals surface area contributed by atoms with Crippen molar-refractivity contribution in [2.45, 2.75) is 6.92 Å². The molecule has 0 aliphatic heterocycles. The minimum absolute atomic E-state index is 0.330. The fourth-order valence-corrected chi connectivity index (χ4v) is 2.01. The fraction of sp³-hybridized carbons (Fsp3) is 0.214. The zero-order valence-corrected chi connectivity index (χ0v) is 11.3. The molecule has 1 aromatic carbocycles. The molecule has 0 unspecified atom stereocenters. The van der Waals surface area contributed by atoms with Gasteiger partial charge in [0.1, 0.15) is 5.69 Å². The molecule has 0 aliphatic carbocycles. The lowest BCUT2D eigenvalue weighted by atomic mass is 10.2. The van der Waals surface area contributed by atoms with Crippen molar-refractivity contribution in [3.63, 3.8) is 0 Å². The number of H-pyrrole nitrogens is 1. The topological polar surface area (TPSA) is 72.8 Å². The molecule has 3 rings (SSSR count). The number of carbonyl (C=O) groups is 1. The largest absolute Gasteiger partial charge is 0.462 e. The summed E-state index contributed by atoms with van der Waals surface area (Å²) in [5, 5.41) is 4.29. The Bertz CT molecular complexity index is 772. The van der Waals surface area contributed by atoms with Crippen molar-refractivity contribution in [2.75, 3.05) is 6.61 Å². The molecular formula is C14H14N4O2. The maximum absolute atomic E-state index is 11.7. The zero-order valence-electron chi connectivity index (χ0n) is 11.3. The van der Waals surface area contributed by atoms with E-state index in [1.54, 1.807) is 29.8 Å². The maximum atomic E-state index is 11.7. The lowest BCUT2D eigenvalue weighted by Crippen LogP contribution is -2.04. The average Bonchev–Trinajstić information content (AvgIpc) is 3.03. The number of aryl methyl sites for hydroxylation is 1. The molecule has 0 saturated carbocycles. The second kappa shape index (κ2) is 4.80. The van der Waals surface area contributed by atoms with Gasteiger partial charge in [-0.3, -0.25) is 4.68 Å². The van der Waals surface area contributed by atoms with Crippen molar-refractivity contribution in [3.05, 3.63) is 36.0 Å². The van der Waals surface area contributed by atoms with Gasteiger partial charge in [0.15, 0.2) is 5.82 Å². The van der Waals surface area contributed by atoms with Gasteiger partial charge in [-0.05, 0) is 31.2 Å². The number of hydrogen-bond acceptors (Lipinski definition) is 4. The van der Waals surface area contributed by atoms with E-state index in [1.807, 2.05) is 19.3 Å². The Hall–Kier alpha value is -2.63. The Morgan fingerprint density at radius 1 is 1.40 bits per heavy atom. The molecule has 1 N–H and O–H groups in total. The highest BCUT2D eigenvalue weighted by atomic mass is 16.5. The van der Waals surface area contributed by atoms with Gasteiger partial charge in [0.2, 0.25) is 0 Å². The first-order chi connectivity index (χ1) is 9.67. The van der Waals surface area contributed by atoms with Gasteiger partial charge in [-0.15, -0.1) is 0 Å². The number of esters is 1. The number of aromatic nitrogens is 4. The molecule has 0 aliphatic rings. The zero-order chi connectivity index (χ0) is 14.1. The molecule has 0 amide bonds.